The number of rotatable bonds is 6. The third kappa shape index (κ3) is 4.58. The first-order valence-electron chi connectivity index (χ1n) is 6.91. The summed E-state index contributed by atoms with van der Waals surface area (Å²) in [7, 11) is -3.54. The normalized spacial score (nSPS) is 14.2. The Kier molecular flexibility index (Phi) is 5.74. The fourth-order valence-corrected chi connectivity index (χ4v) is 3.80. The van der Waals surface area contributed by atoms with Crippen LogP contribution in [-0.2, 0) is 15.4 Å². The van der Waals surface area contributed by atoms with Gasteiger partial charge in [-0.25, -0.2) is 13.1 Å². The zero-order chi connectivity index (χ0) is 15.4. The molecule has 0 aliphatic rings. The molecule has 0 unspecified atom stereocenters. The summed E-state index contributed by atoms with van der Waals surface area (Å²) in [5.74, 6) is 0. The van der Waals surface area contributed by atoms with E-state index in [0.29, 0.717) is 17.7 Å². The van der Waals surface area contributed by atoms with Crippen LogP contribution in [0.3, 0.4) is 0 Å². The molecular formula is C15H25NO3S. The molecule has 0 aliphatic carbocycles. The molecule has 5 heteroatoms. The van der Waals surface area contributed by atoms with Crippen molar-refractivity contribution in [1.29, 1.82) is 0 Å². The molecule has 1 aromatic rings. The fourth-order valence-electron chi connectivity index (χ4n) is 2.11. The molecule has 20 heavy (non-hydrogen) atoms. The van der Waals surface area contributed by atoms with Crippen molar-refractivity contribution < 1.29 is 13.5 Å². The summed E-state index contributed by atoms with van der Waals surface area (Å²) in [5.41, 5.74) is 0.571. The van der Waals surface area contributed by atoms with Crippen LogP contribution in [-0.4, -0.2) is 26.2 Å². The molecule has 0 spiro atoms. The highest BCUT2D eigenvalue weighted by molar-refractivity contribution is 7.89. The van der Waals surface area contributed by atoms with E-state index in [-0.39, 0.29) is 18.1 Å². The standard InChI is InChI=1S/C15H25NO3S/c1-12(8-7-11-17)16-20(18,19)14-10-6-5-9-13(14)15(2,3)4/h5-6,9-10,12,16-17H,7-8,11H2,1-4H3/t12-/m1/s1. The van der Waals surface area contributed by atoms with Crippen LogP contribution in [0.4, 0.5) is 0 Å². The van der Waals surface area contributed by atoms with Crippen LogP contribution < -0.4 is 4.72 Å². The molecule has 0 amide bonds. The molecule has 1 aromatic carbocycles. The second kappa shape index (κ2) is 6.70. The van der Waals surface area contributed by atoms with E-state index < -0.39 is 10.0 Å². The van der Waals surface area contributed by atoms with Gasteiger partial charge in [0.2, 0.25) is 10.0 Å². The summed E-state index contributed by atoms with van der Waals surface area (Å²) < 4.78 is 27.7. The van der Waals surface area contributed by atoms with Crippen LogP contribution in [0.5, 0.6) is 0 Å². The van der Waals surface area contributed by atoms with Crippen LogP contribution in [0.25, 0.3) is 0 Å². The van der Waals surface area contributed by atoms with Crippen LogP contribution in [0.1, 0.15) is 46.1 Å². The van der Waals surface area contributed by atoms with Crippen molar-refractivity contribution in [3.8, 4) is 0 Å². The number of benzene rings is 1. The summed E-state index contributed by atoms with van der Waals surface area (Å²) in [5, 5.41) is 8.80. The Bertz CT molecular complexity index is 532. The second-order valence-electron chi connectivity index (χ2n) is 6.13. The largest absolute Gasteiger partial charge is 0.396 e. The summed E-state index contributed by atoms with van der Waals surface area (Å²) in [6.45, 7) is 7.88. The molecule has 0 bridgehead atoms. The van der Waals surface area contributed by atoms with Crippen molar-refractivity contribution in [1.82, 2.24) is 4.72 Å². The lowest BCUT2D eigenvalue weighted by Gasteiger charge is -2.23. The van der Waals surface area contributed by atoms with Crippen molar-refractivity contribution in [2.24, 2.45) is 0 Å². The predicted octanol–water partition coefficient (Wildman–Crippen LogP) is 2.42. The summed E-state index contributed by atoms with van der Waals surface area (Å²) in [4.78, 5) is 0.336. The average Bonchev–Trinajstić information content (AvgIpc) is 2.35. The maximum absolute atomic E-state index is 12.5. The topological polar surface area (TPSA) is 66.4 Å². The molecule has 0 saturated carbocycles. The molecule has 4 nitrogen and oxygen atoms in total. The SMILES string of the molecule is C[C@H](CCCO)NS(=O)(=O)c1ccccc1C(C)(C)C. The van der Waals surface area contributed by atoms with Gasteiger partial charge in [-0.1, -0.05) is 39.0 Å². The van der Waals surface area contributed by atoms with Gasteiger partial charge in [0, 0.05) is 12.6 Å². The number of nitrogens with one attached hydrogen (secondary N) is 1. The minimum Gasteiger partial charge on any atom is -0.396 e. The molecule has 2 N–H and O–H groups in total. The third-order valence-electron chi connectivity index (χ3n) is 3.14. The summed E-state index contributed by atoms with van der Waals surface area (Å²) >= 11 is 0. The van der Waals surface area contributed by atoms with Crippen LogP contribution >= 0.6 is 0 Å². The van der Waals surface area contributed by atoms with Gasteiger partial charge in [0.1, 0.15) is 0 Å². The maximum atomic E-state index is 12.5. The Balaban J connectivity index is 3.05. The lowest BCUT2D eigenvalue weighted by molar-refractivity contribution is 0.279. The number of aliphatic hydroxyl groups excluding tert-OH is 1. The van der Waals surface area contributed by atoms with E-state index in [1.54, 1.807) is 12.1 Å². The number of aliphatic hydroxyl groups is 1. The van der Waals surface area contributed by atoms with Crippen LogP contribution in [0.15, 0.2) is 29.2 Å². The molecule has 0 heterocycles. The lowest BCUT2D eigenvalue weighted by atomic mass is 9.87. The zero-order valence-electron chi connectivity index (χ0n) is 12.7. The first-order valence-corrected chi connectivity index (χ1v) is 8.39. The fraction of sp³-hybridized carbons (Fsp3) is 0.600. The zero-order valence-corrected chi connectivity index (χ0v) is 13.5. The molecule has 0 aliphatic heterocycles. The molecule has 0 aromatic heterocycles. The summed E-state index contributed by atoms with van der Waals surface area (Å²) in [6, 6.07) is 6.89. The minimum absolute atomic E-state index is 0.0741. The molecule has 0 saturated heterocycles. The van der Waals surface area contributed by atoms with Gasteiger partial charge >= 0.3 is 0 Å². The second-order valence-corrected chi connectivity index (χ2v) is 7.82. The first-order chi connectivity index (χ1) is 9.18. The number of hydrogen-bond acceptors (Lipinski definition) is 3. The van der Waals surface area contributed by atoms with E-state index in [0.717, 1.165) is 5.56 Å². The van der Waals surface area contributed by atoms with Gasteiger partial charge in [-0.2, -0.15) is 0 Å². The Labute approximate surface area is 122 Å². The van der Waals surface area contributed by atoms with E-state index in [1.165, 1.54) is 0 Å². The Morgan fingerprint density at radius 1 is 1.25 bits per heavy atom. The van der Waals surface area contributed by atoms with Gasteiger partial charge in [0.05, 0.1) is 4.90 Å². The van der Waals surface area contributed by atoms with Crippen molar-refractivity contribution in [2.45, 2.75) is 56.9 Å². The first kappa shape index (κ1) is 17.1. The molecule has 1 rings (SSSR count). The molecule has 0 radical (unpaired) electrons. The van der Waals surface area contributed by atoms with Gasteiger partial charge in [0.15, 0.2) is 0 Å². The van der Waals surface area contributed by atoms with Crippen LogP contribution in [0.2, 0.25) is 0 Å². The number of sulfonamides is 1. The van der Waals surface area contributed by atoms with Gasteiger partial charge in [-0.3, -0.25) is 0 Å². The molecular weight excluding hydrogens is 274 g/mol. The monoisotopic (exact) mass is 299 g/mol. The minimum atomic E-state index is -3.54. The van der Waals surface area contributed by atoms with Gasteiger partial charge in [0.25, 0.3) is 0 Å². The van der Waals surface area contributed by atoms with E-state index >= 15 is 0 Å². The Morgan fingerprint density at radius 3 is 2.40 bits per heavy atom. The highest BCUT2D eigenvalue weighted by atomic mass is 32.2. The van der Waals surface area contributed by atoms with Crippen molar-refractivity contribution in [3.05, 3.63) is 29.8 Å². The molecule has 1 atom stereocenters. The van der Waals surface area contributed by atoms with Crippen LogP contribution in [0, 0.1) is 0 Å². The number of hydrogen-bond donors (Lipinski definition) is 2. The highest BCUT2D eigenvalue weighted by Crippen LogP contribution is 2.28. The molecule has 114 valence electrons. The third-order valence-corrected chi connectivity index (χ3v) is 4.78. The van der Waals surface area contributed by atoms with Gasteiger partial charge in [-0.15, -0.1) is 0 Å². The maximum Gasteiger partial charge on any atom is 0.241 e. The average molecular weight is 299 g/mol. The van der Waals surface area contributed by atoms with Gasteiger partial charge in [-0.05, 0) is 36.8 Å². The van der Waals surface area contributed by atoms with E-state index in [2.05, 4.69) is 4.72 Å². The van der Waals surface area contributed by atoms with Gasteiger partial charge < -0.3 is 5.11 Å². The van der Waals surface area contributed by atoms with Crippen molar-refractivity contribution in [3.63, 3.8) is 0 Å². The highest BCUT2D eigenvalue weighted by Gasteiger charge is 2.26. The van der Waals surface area contributed by atoms with E-state index in [9.17, 15) is 8.42 Å². The predicted molar refractivity (Wildman–Crippen MR) is 81.2 cm³/mol. The van der Waals surface area contributed by atoms with E-state index in [4.69, 9.17) is 5.11 Å². The smallest absolute Gasteiger partial charge is 0.241 e. The van der Waals surface area contributed by atoms with Crippen molar-refractivity contribution in [2.75, 3.05) is 6.61 Å². The summed E-state index contributed by atoms with van der Waals surface area (Å²) in [6.07, 6.45) is 1.21. The molecule has 0 fully saturated rings. The van der Waals surface area contributed by atoms with E-state index in [1.807, 2.05) is 39.8 Å². The Hall–Kier alpha value is -0.910. The van der Waals surface area contributed by atoms with Crippen molar-refractivity contribution >= 4 is 10.0 Å². The lowest BCUT2D eigenvalue weighted by Crippen LogP contribution is -2.34. The quantitative estimate of drug-likeness (QED) is 0.848. The Morgan fingerprint density at radius 2 is 1.85 bits per heavy atom.